The molecule has 1 aromatic carbocycles. The second kappa shape index (κ2) is 7.97. The van der Waals surface area contributed by atoms with Crippen molar-refractivity contribution >= 4 is 17.7 Å². The molecule has 1 saturated heterocycles. The molecule has 0 bridgehead atoms. The van der Waals surface area contributed by atoms with Crippen molar-refractivity contribution < 1.29 is 19.3 Å². The third-order valence-electron chi connectivity index (χ3n) is 5.49. The van der Waals surface area contributed by atoms with Crippen LogP contribution in [-0.2, 0) is 6.54 Å². The number of aromatic nitrogens is 1. The van der Waals surface area contributed by atoms with Gasteiger partial charge in [-0.25, -0.2) is 0 Å². The first-order valence-electron chi connectivity index (χ1n) is 9.71. The van der Waals surface area contributed by atoms with E-state index in [4.69, 9.17) is 0 Å². The van der Waals surface area contributed by atoms with Crippen molar-refractivity contribution in [3.05, 3.63) is 77.6 Å². The number of piperazine rings is 1. The van der Waals surface area contributed by atoms with Gasteiger partial charge in [0, 0.05) is 30.1 Å². The SMILES string of the molecule is C=CCN1C(=O)c2ccc(C(=O)N3CC[NH+](Cc4ccncc4)CC3)cc2C1=O. The molecule has 1 N–H and O–H groups in total. The van der Waals surface area contributed by atoms with E-state index < -0.39 is 0 Å². The number of fused-ring (bicyclic) bond motifs is 1. The van der Waals surface area contributed by atoms with Gasteiger partial charge in [0.2, 0.25) is 0 Å². The molecule has 2 aliphatic heterocycles. The maximum Gasteiger partial charge on any atom is 0.261 e. The van der Waals surface area contributed by atoms with Gasteiger partial charge in [0.05, 0.1) is 37.3 Å². The van der Waals surface area contributed by atoms with Gasteiger partial charge in [0.25, 0.3) is 17.7 Å². The maximum absolute atomic E-state index is 12.9. The zero-order valence-corrected chi connectivity index (χ0v) is 16.1. The largest absolute Gasteiger partial charge is 0.328 e. The number of rotatable bonds is 5. The van der Waals surface area contributed by atoms with Crippen molar-refractivity contribution in [1.82, 2.24) is 14.8 Å². The number of amides is 3. The molecule has 148 valence electrons. The maximum atomic E-state index is 12.9. The highest BCUT2D eigenvalue weighted by Crippen LogP contribution is 2.24. The second-order valence-electron chi connectivity index (χ2n) is 7.34. The molecule has 2 aliphatic rings. The second-order valence-corrected chi connectivity index (χ2v) is 7.34. The first kappa shape index (κ1) is 19.0. The van der Waals surface area contributed by atoms with Gasteiger partial charge in [-0.2, -0.15) is 0 Å². The number of imide groups is 1. The minimum atomic E-state index is -0.369. The normalized spacial score (nSPS) is 16.8. The summed E-state index contributed by atoms with van der Waals surface area (Å²) in [4.78, 5) is 46.2. The highest BCUT2D eigenvalue weighted by atomic mass is 16.2. The van der Waals surface area contributed by atoms with E-state index in [0.29, 0.717) is 29.8 Å². The van der Waals surface area contributed by atoms with Crippen molar-refractivity contribution in [3.8, 4) is 0 Å². The lowest BCUT2D eigenvalue weighted by molar-refractivity contribution is -0.917. The van der Waals surface area contributed by atoms with Gasteiger partial charge >= 0.3 is 0 Å². The number of hydrogen-bond acceptors (Lipinski definition) is 4. The van der Waals surface area contributed by atoms with Gasteiger partial charge in [-0.1, -0.05) is 6.08 Å². The van der Waals surface area contributed by atoms with Crippen LogP contribution in [0, 0.1) is 0 Å². The Morgan fingerprint density at radius 1 is 1.07 bits per heavy atom. The number of hydrogen-bond donors (Lipinski definition) is 1. The molecule has 7 heteroatoms. The number of nitrogens with zero attached hydrogens (tertiary/aromatic N) is 3. The number of carbonyl (C=O) groups excluding carboxylic acids is 3. The summed E-state index contributed by atoms with van der Waals surface area (Å²) >= 11 is 0. The average molecular weight is 391 g/mol. The summed E-state index contributed by atoms with van der Waals surface area (Å²) in [6, 6.07) is 8.81. The van der Waals surface area contributed by atoms with Crippen LogP contribution in [0.5, 0.6) is 0 Å². The van der Waals surface area contributed by atoms with Crippen LogP contribution in [0.4, 0.5) is 0 Å². The molecular weight excluding hydrogens is 368 g/mol. The van der Waals surface area contributed by atoms with E-state index in [1.165, 1.54) is 16.5 Å². The Labute approximate surface area is 169 Å². The molecule has 2 aromatic rings. The molecule has 1 aromatic heterocycles. The Morgan fingerprint density at radius 3 is 2.45 bits per heavy atom. The lowest BCUT2D eigenvalue weighted by Gasteiger charge is -2.32. The lowest BCUT2D eigenvalue weighted by Crippen LogP contribution is -3.13. The first-order valence-corrected chi connectivity index (χ1v) is 9.71. The van der Waals surface area contributed by atoms with E-state index in [9.17, 15) is 14.4 Å². The lowest BCUT2D eigenvalue weighted by atomic mass is 10.0. The fourth-order valence-corrected chi connectivity index (χ4v) is 3.89. The Hall–Kier alpha value is -3.32. The number of quaternary nitrogens is 1. The van der Waals surface area contributed by atoms with Crippen LogP contribution in [0.1, 0.15) is 36.6 Å². The third-order valence-corrected chi connectivity index (χ3v) is 5.49. The van der Waals surface area contributed by atoms with Crippen molar-refractivity contribution in [3.63, 3.8) is 0 Å². The van der Waals surface area contributed by atoms with E-state index in [1.54, 1.807) is 30.6 Å². The minimum Gasteiger partial charge on any atom is -0.328 e. The molecule has 0 aliphatic carbocycles. The summed E-state index contributed by atoms with van der Waals surface area (Å²) in [5, 5.41) is 0. The Kier molecular flexibility index (Phi) is 5.22. The van der Waals surface area contributed by atoms with Crippen LogP contribution < -0.4 is 4.90 Å². The molecular formula is C22H23N4O3+. The van der Waals surface area contributed by atoms with E-state index in [2.05, 4.69) is 11.6 Å². The number of nitrogens with one attached hydrogen (secondary N) is 1. The standard InChI is InChI=1S/C22H22N4O3/c1-2-9-26-21(28)18-4-3-17(14-19(18)22(26)29)20(27)25-12-10-24(11-13-25)15-16-5-7-23-8-6-16/h2-8,14H,1,9-13,15H2/p+1. The molecule has 3 amide bonds. The first-order chi connectivity index (χ1) is 14.1. The van der Waals surface area contributed by atoms with E-state index in [1.807, 2.05) is 17.0 Å². The number of benzene rings is 1. The van der Waals surface area contributed by atoms with Gasteiger partial charge in [-0.15, -0.1) is 6.58 Å². The monoisotopic (exact) mass is 391 g/mol. The Morgan fingerprint density at radius 2 is 1.76 bits per heavy atom. The van der Waals surface area contributed by atoms with Gasteiger partial charge in [-0.05, 0) is 30.3 Å². The molecule has 0 spiro atoms. The number of pyridine rings is 1. The smallest absolute Gasteiger partial charge is 0.261 e. The number of carbonyl (C=O) groups is 3. The predicted molar refractivity (Wildman–Crippen MR) is 107 cm³/mol. The summed E-state index contributed by atoms with van der Waals surface area (Å²) in [5.41, 5.74) is 2.33. The summed E-state index contributed by atoms with van der Waals surface area (Å²) in [5.74, 6) is -0.804. The average Bonchev–Trinajstić information content (AvgIpc) is 2.99. The summed E-state index contributed by atoms with van der Waals surface area (Å²) in [7, 11) is 0. The molecule has 0 unspecified atom stereocenters. The topological polar surface area (TPSA) is 75.0 Å². The van der Waals surface area contributed by atoms with Crippen molar-refractivity contribution in [2.24, 2.45) is 0 Å². The van der Waals surface area contributed by atoms with Crippen LogP contribution in [0.2, 0.25) is 0 Å². The van der Waals surface area contributed by atoms with Crippen molar-refractivity contribution in [2.45, 2.75) is 6.54 Å². The molecule has 3 heterocycles. The van der Waals surface area contributed by atoms with Crippen molar-refractivity contribution in [1.29, 1.82) is 0 Å². The Balaban J connectivity index is 1.42. The van der Waals surface area contributed by atoms with Crippen LogP contribution in [-0.4, -0.2) is 65.2 Å². The van der Waals surface area contributed by atoms with Crippen LogP contribution in [0.15, 0.2) is 55.4 Å². The third kappa shape index (κ3) is 3.69. The summed E-state index contributed by atoms with van der Waals surface area (Å²) < 4.78 is 0. The van der Waals surface area contributed by atoms with Crippen molar-refractivity contribution in [2.75, 3.05) is 32.7 Å². The summed E-state index contributed by atoms with van der Waals surface area (Å²) in [6.45, 7) is 7.71. The van der Waals surface area contributed by atoms with E-state index >= 15 is 0 Å². The zero-order valence-electron chi connectivity index (χ0n) is 16.1. The van der Waals surface area contributed by atoms with Gasteiger partial charge in [0.15, 0.2) is 0 Å². The summed E-state index contributed by atoms with van der Waals surface area (Å²) in [6.07, 6.45) is 5.11. The molecule has 0 radical (unpaired) electrons. The minimum absolute atomic E-state index is 0.0989. The van der Waals surface area contributed by atoms with E-state index in [-0.39, 0.29) is 24.3 Å². The highest BCUT2D eigenvalue weighted by Gasteiger charge is 2.35. The molecule has 7 nitrogen and oxygen atoms in total. The highest BCUT2D eigenvalue weighted by molar-refractivity contribution is 6.22. The fraction of sp³-hybridized carbons (Fsp3) is 0.273. The molecule has 29 heavy (non-hydrogen) atoms. The van der Waals surface area contributed by atoms with Gasteiger partial charge in [0.1, 0.15) is 6.54 Å². The van der Waals surface area contributed by atoms with Crippen LogP contribution in [0.3, 0.4) is 0 Å². The predicted octanol–water partition coefficient (Wildman–Crippen LogP) is 0.405. The molecule has 0 saturated carbocycles. The van der Waals surface area contributed by atoms with Crippen LogP contribution >= 0.6 is 0 Å². The zero-order chi connectivity index (χ0) is 20.4. The molecule has 4 rings (SSSR count). The quantitative estimate of drug-likeness (QED) is 0.592. The molecule has 0 atom stereocenters. The van der Waals surface area contributed by atoms with Gasteiger partial charge < -0.3 is 9.80 Å². The van der Waals surface area contributed by atoms with Crippen LogP contribution in [0.25, 0.3) is 0 Å². The molecule has 1 fully saturated rings. The Bertz CT molecular complexity index is 965. The van der Waals surface area contributed by atoms with Gasteiger partial charge in [-0.3, -0.25) is 24.3 Å². The fourth-order valence-electron chi connectivity index (χ4n) is 3.89. The van der Waals surface area contributed by atoms with E-state index in [0.717, 1.165) is 24.5 Å².